The number of hydrogen-bond acceptors (Lipinski definition) is 4. The van der Waals surface area contributed by atoms with Crippen LogP contribution >= 0.6 is 0 Å². The van der Waals surface area contributed by atoms with Crippen LogP contribution in [0.4, 0.5) is 0 Å². The Morgan fingerprint density at radius 1 is 1.83 bits per heavy atom. The number of ether oxygens (including phenoxy) is 1. The van der Waals surface area contributed by atoms with Gasteiger partial charge in [0.15, 0.2) is 0 Å². The van der Waals surface area contributed by atoms with E-state index in [-0.39, 0.29) is 13.2 Å². The molecule has 1 heterocycles. The van der Waals surface area contributed by atoms with E-state index in [9.17, 15) is 14.7 Å². The maximum absolute atomic E-state index is 10.5. The molecule has 1 rings (SSSR count). The van der Waals surface area contributed by atoms with Crippen LogP contribution in [-0.4, -0.2) is 36.7 Å². The van der Waals surface area contributed by atoms with Crippen LogP contribution in [-0.2, 0) is 14.3 Å². The van der Waals surface area contributed by atoms with Crippen molar-refractivity contribution in [1.29, 1.82) is 0 Å². The summed E-state index contributed by atoms with van der Waals surface area (Å²) in [7, 11) is 0. The Morgan fingerprint density at radius 3 is 3.08 bits per heavy atom. The van der Waals surface area contributed by atoms with Crippen LogP contribution in [0.5, 0.6) is 0 Å². The maximum atomic E-state index is 10.5. The molecular weight excluding hydrogens is 162 g/mol. The minimum absolute atomic E-state index is 0.103. The van der Waals surface area contributed by atoms with Crippen LogP contribution < -0.4 is 5.32 Å². The minimum Gasteiger partial charge on any atom is -0.458 e. The number of nitrogens with one attached hydrogen (secondary N) is 1. The molecule has 0 spiro atoms. The molecule has 1 atom stereocenters. The second kappa shape index (κ2) is 3.87. The number of aliphatic hydroxyl groups excluding tert-OH is 1. The molecule has 5 heteroatoms. The van der Waals surface area contributed by atoms with Crippen LogP contribution in [0.2, 0.25) is 0 Å². The molecule has 1 amide bonds. The van der Waals surface area contributed by atoms with Gasteiger partial charge in [0.05, 0.1) is 6.10 Å². The first-order valence-electron chi connectivity index (χ1n) is 3.46. The van der Waals surface area contributed by atoms with Crippen LogP contribution in [0.25, 0.3) is 0 Å². The number of esters is 1. The van der Waals surface area contributed by atoms with Gasteiger partial charge in [-0.1, -0.05) is 0 Å². The molecule has 1 aliphatic rings. The van der Waals surface area contributed by atoms with Crippen molar-refractivity contribution >= 4 is 12.4 Å². The van der Waals surface area contributed by atoms with Crippen molar-refractivity contribution in [2.45, 2.75) is 6.10 Å². The standard InChI is InChI=1S/C7H9NO4/c9-4-8-2-6(10)5-1-7(11)12-3-5/h1,4,6,10H,2-3H2,(H,8,9). The van der Waals surface area contributed by atoms with Crippen LogP contribution in [0.1, 0.15) is 0 Å². The minimum atomic E-state index is -0.832. The number of rotatable bonds is 4. The zero-order valence-electron chi connectivity index (χ0n) is 6.32. The van der Waals surface area contributed by atoms with E-state index >= 15 is 0 Å². The van der Waals surface area contributed by atoms with Crippen molar-refractivity contribution in [1.82, 2.24) is 5.32 Å². The smallest absolute Gasteiger partial charge is 0.331 e. The first-order valence-corrected chi connectivity index (χ1v) is 3.46. The van der Waals surface area contributed by atoms with Crippen LogP contribution in [0, 0.1) is 0 Å². The molecular formula is C7H9NO4. The lowest BCUT2D eigenvalue weighted by Crippen LogP contribution is -2.27. The number of carbonyl (C=O) groups is 2. The highest BCUT2D eigenvalue weighted by molar-refractivity contribution is 5.85. The topological polar surface area (TPSA) is 75.6 Å². The summed E-state index contributed by atoms with van der Waals surface area (Å²) in [5.74, 6) is -0.449. The van der Waals surface area contributed by atoms with Gasteiger partial charge >= 0.3 is 5.97 Å². The van der Waals surface area contributed by atoms with Gasteiger partial charge in [-0.15, -0.1) is 0 Å². The number of aliphatic hydroxyl groups is 1. The van der Waals surface area contributed by atoms with E-state index in [0.717, 1.165) is 0 Å². The lowest BCUT2D eigenvalue weighted by Gasteiger charge is -2.08. The molecule has 0 saturated heterocycles. The molecule has 1 aliphatic heterocycles. The highest BCUT2D eigenvalue weighted by atomic mass is 16.5. The average Bonchev–Trinajstić information content (AvgIpc) is 2.47. The molecule has 0 fully saturated rings. The van der Waals surface area contributed by atoms with E-state index in [1.165, 1.54) is 6.08 Å². The van der Waals surface area contributed by atoms with Crippen molar-refractivity contribution in [3.05, 3.63) is 11.6 Å². The summed E-state index contributed by atoms with van der Waals surface area (Å²) in [6, 6.07) is 0. The van der Waals surface area contributed by atoms with E-state index in [4.69, 9.17) is 0 Å². The fraction of sp³-hybridized carbons (Fsp3) is 0.429. The van der Waals surface area contributed by atoms with E-state index in [1.54, 1.807) is 0 Å². The first-order chi connectivity index (χ1) is 5.74. The maximum Gasteiger partial charge on any atom is 0.331 e. The largest absolute Gasteiger partial charge is 0.458 e. The third-order valence-electron chi connectivity index (χ3n) is 1.51. The third-order valence-corrected chi connectivity index (χ3v) is 1.51. The Labute approximate surface area is 69.0 Å². The van der Waals surface area contributed by atoms with Crippen LogP contribution in [0.3, 0.4) is 0 Å². The summed E-state index contributed by atoms with van der Waals surface area (Å²) in [5, 5.41) is 11.6. The van der Waals surface area contributed by atoms with Crippen molar-refractivity contribution < 1.29 is 19.4 Å². The summed E-state index contributed by atoms with van der Waals surface area (Å²) in [4.78, 5) is 20.4. The molecule has 0 aromatic heterocycles. The molecule has 12 heavy (non-hydrogen) atoms. The van der Waals surface area contributed by atoms with Gasteiger partial charge in [-0.2, -0.15) is 0 Å². The molecule has 0 aliphatic carbocycles. The molecule has 0 aromatic rings. The van der Waals surface area contributed by atoms with Gasteiger partial charge in [0, 0.05) is 18.2 Å². The Hall–Kier alpha value is -1.36. The molecule has 0 bridgehead atoms. The van der Waals surface area contributed by atoms with Gasteiger partial charge in [-0.3, -0.25) is 4.79 Å². The van der Waals surface area contributed by atoms with Crippen molar-refractivity contribution in [2.75, 3.05) is 13.2 Å². The van der Waals surface area contributed by atoms with E-state index < -0.39 is 12.1 Å². The Morgan fingerprint density at radius 2 is 2.58 bits per heavy atom. The van der Waals surface area contributed by atoms with E-state index in [2.05, 4.69) is 10.1 Å². The Bertz CT molecular complexity index is 223. The number of cyclic esters (lactones) is 1. The van der Waals surface area contributed by atoms with Crippen LogP contribution in [0.15, 0.2) is 11.6 Å². The Balaban J connectivity index is 2.41. The summed E-state index contributed by atoms with van der Waals surface area (Å²) in [6.07, 6.45) is 0.889. The monoisotopic (exact) mass is 171 g/mol. The molecule has 0 saturated carbocycles. The Kier molecular flexibility index (Phi) is 2.82. The second-order valence-electron chi connectivity index (χ2n) is 2.37. The van der Waals surface area contributed by atoms with Gasteiger partial charge in [0.25, 0.3) is 0 Å². The highest BCUT2D eigenvalue weighted by Gasteiger charge is 2.19. The van der Waals surface area contributed by atoms with Crippen molar-refractivity contribution in [3.8, 4) is 0 Å². The van der Waals surface area contributed by atoms with Gasteiger partial charge < -0.3 is 15.2 Å². The third kappa shape index (κ3) is 2.06. The fourth-order valence-electron chi connectivity index (χ4n) is 0.872. The van der Waals surface area contributed by atoms with Gasteiger partial charge in [-0.05, 0) is 0 Å². The van der Waals surface area contributed by atoms with Crippen molar-refractivity contribution in [3.63, 3.8) is 0 Å². The number of carbonyl (C=O) groups excluding carboxylic acids is 2. The molecule has 2 N–H and O–H groups in total. The first kappa shape index (κ1) is 8.73. The highest BCUT2D eigenvalue weighted by Crippen LogP contribution is 2.09. The second-order valence-corrected chi connectivity index (χ2v) is 2.37. The lowest BCUT2D eigenvalue weighted by molar-refractivity contribution is -0.135. The molecule has 5 nitrogen and oxygen atoms in total. The summed E-state index contributed by atoms with van der Waals surface area (Å²) in [5.41, 5.74) is 0.495. The summed E-state index contributed by atoms with van der Waals surface area (Å²) >= 11 is 0. The summed E-state index contributed by atoms with van der Waals surface area (Å²) < 4.78 is 4.56. The lowest BCUT2D eigenvalue weighted by atomic mass is 10.1. The van der Waals surface area contributed by atoms with Gasteiger partial charge in [-0.25, -0.2) is 4.79 Å². The SMILES string of the molecule is O=CNCC(O)C1=CC(=O)OC1. The molecule has 1 unspecified atom stereocenters. The quantitative estimate of drug-likeness (QED) is 0.402. The predicted octanol–water partition coefficient (Wildman–Crippen LogP) is -1.42. The zero-order chi connectivity index (χ0) is 8.97. The number of amides is 1. The average molecular weight is 171 g/mol. The normalized spacial score (nSPS) is 18.1. The van der Waals surface area contributed by atoms with Gasteiger partial charge in [0.2, 0.25) is 6.41 Å². The molecule has 0 radical (unpaired) electrons. The zero-order valence-corrected chi connectivity index (χ0v) is 6.32. The van der Waals surface area contributed by atoms with E-state index in [0.29, 0.717) is 12.0 Å². The predicted molar refractivity (Wildman–Crippen MR) is 39.1 cm³/mol. The van der Waals surface area contributed by atoms with Gasteiger partial charge in [0.1, 0.15) is 6.61 Å². The van der Waals surface area contributed by atoms with E-state index in [1.807, 2.05) is 0 Å². The molecule has 0 aromatic carbocycles. The summed E-state index contributed by atoms with van der Waals surface area (Å²) in [6.45, 7) is 0.215. The van der Waals surface area contributed by atoms with Crippen molar-refractivity contribution in [2.24, 2.45) is 0 Å². The number of hydrogen-bond donors (Lipinski definition) is 2. The fourth-order valence-corrected chi connectivity index (χ4v) is 0.872. The molecule has 66 valence electrons.